The zero-order valence-corrected chi connectivity index (χ0v) is 26.2. The van der Waals surface area contributed by atoms with E-state index in [1.165, 1.54) is 0 Å². The Morgan fingerprint density at radius 1 is 1.00 bits per heavy atom. The molecule has 0 radical (unpaired) electrons. The van der Waals surface area contributed by atoms with E-state index in [2.05, 4.69) is 20.1 Å². The first-order chi connectivity index (χ1) is 20.8. The van der Waals surface area contributed by atoms with Gasteiger partial charge < -0.3 is 24.5 Å². The molecule has 1 aromatic carbocycles. The van der Waals surface area contributed by atoms with Crippen molar-refractivity contribution in [1.29, 1.82) is 0 Å². The van der Waals surface area contributed by atoms with E-state index in [9.17, 15) is 19.5 Å². The Kier molecular flexibility index (Phi) is 11.2. The topological polar surface area (TPSA) is 90.4 Å². The van der Waals surface area contributed by atoms with E-state index in [0.29, 0.717) is 58.4 Å². The Morgan fingerprint density at radius 3 is 2.35 bits per heavy atom. The van der Waals surface area contributed by atoms with E-state index >= 15 is 0 Å². The number of fused-ring (bicyclic) bond motifs is 1. The summed E-state index contributed by atoms with van der Waals surface area (Å²) in [6.45, 7) is 14.3. The molecule has 3 saturated heterocycles. The molecule has 2 unspecified atom stereocenters. The Balaban J connectivity index is 1.72. The number of ether oxygens (including phenoxy) is 1. The summed E-state index contributed by atoms with van der Waals surface area (Å²) in [6, 6.07) is 9.08. The normalized spacial score (nSPS) is 27.3. The fraction of sp³-hybridized carbons (Fsp3) is 0.629. The van der Waals surface area contributed by atoms with Crippen LogP contribution in [0.15, 0.2) is 55.6 Å². The summed E-state index contributed by atoms with van der Waals surface area (Å²) in [7, 11) is 0. The Bertz CT molecular complexity index is 1140. The van der Waals surface area contributed by atoms with E-state index in [1.807, 2.05) is 42.2 Å². The fourth-order valence-electron chi connectivity index (χ4n) is 7.72. The summed E-state index contributed by atoms with van der Waals surface area (Å²) >= 11 is 0. The number of rotatable bonds is 18. The highest BCUT2D eigenvalue weighted by atomic mass is 16.5. The highest BCUT2D eigenvalue weighted by molar-refractivity contribution is 5.99. The summed E-state index contributed by atoms with van der Waals surface area (Å²) in [5, 5.41) is 9.22. The lowest BCUT2D eigenvalue weighted by Crippen LogP contribution is -2.56. The third-order valence-corrected chi connectivity index (χ3v) is 9.81. The van der Waals surface area contributed by atoms with Gasteiger partial charge in [-0.05, 0) is 44.1 Å². The number of benzene rings is 1. The molecule has 4 rings (SSSR count). The van der Waals surface area contributed by atoms with Crippen molar-refractivity contribution in [3.63, 3.8) is 0 Å². The summed E-state index contributed by atoms with van der Waals surface area (Å²) in [4.78, 5) is 48.9. The molecule has 3 amide bonds. The molecular weight excluding hydrogens is 542 g/mol. The average molecular weight is 594 g/mol. The van der Waals surface area contributed by atoms with Crippen molar-refractivity contribution < 1.29 is 24.2 Å². The van der Waals surface area contributed by atoms with Crippen LogP contribution in [0.2, 0.25) is 0 Å². The standard InChI is InChI=1S/C35H51N3O5/c1-5-9-23-36(21-6-2)33(42)30-35-20-19-34(8-4,43-35)28(29(35)32(41)38(30)24-15-10-11-16-25-39)31(40)37(22-7-3)26-27-17-13-12-14-18-27/h6-7,12-14,17-18,28-30,39H,2-3,5,8-11,15-16,19-26H2,1,4H3/t28-,29-,30?,34+,35?/m0/s1. The lowest BCUT2D eigenvalue weighted by atomic mass is 9.64. The van der Waals surface area contributed by atoms with Crippen LogP contribution >= 0.6 is 0 Å². The van der Waals surface area contributed by atoms with Gasteiger partial charge in [0.1, 0.15) is 11.6 Å². The lowest BCUT2D eigenvalue weighted by Gasteiger charge is -2.37. The molecule has 0 saturated carbocycles. The molecule has 8 nitrogen and oxygen atoms in total. The van der Waals surface area contributed by atoms with Crippen molar-refractivity contribution in [3.8, 4) is 0 Å². The number of hydrogen-bond donors (Lipinski definition) is 1. The first kappa shape index (κ1) is 32.9. The van der Waals surface area contributed by atoms with Gasteiger partial charge in [-0.25, -0.2) is 0 Å². The number of carbonyl (C=O) groups is 3. The lowest BCUT2D eigenvalue weighted by molar-refractivity contribution is -0.155. The first-order valence-electron chi connectivity index (χ1n) is 16.3. The number of hydrogen-bond acceptors (Lipinski definition) is 5. The maximum absolute atomic E-state index is 14.6. The number of unbranched alkanes of at least 4 members (excludes halogenated alkanes) is 4. The minimum absolute atomic E-state index is 0.101. The number of likely N-dealkylation sites (tertiary alicyclic amines) is 1. The molecule has 0 aromatic heterocycles. The molecule has 3 aliphatic heterocycles. The molecule has 0 aliphatic carbocycles. The van der Waals surface area contributed by atoms with E-state index < -0.39 is 29.1 Å². The van der Waals surface area contributed by atoms with Gasteiger partial charge in [-0.15, -0.1) is 13.2 Å². The van der Waals surface area contributed by atoms with Crippen molar-refractivity contribution in [2.75, 3.05) is 32.8 Å². The predicted octanol–water partition coefficient (Wildman–Crippen LogP) is 4.72. The van der Waals surface area contributed by atoms with Gasteiger partial charge in [0.25, 0.3) is 0 Å². The molecule has 1 aromatic rings. The van der Waals surface area contributed by atoms with Crippen molar-refractivity contribution >= 4 is 17.7 Å². The van der Waals surface area contributed by atoms with Crippen LogP contribution < -0.4 is 0 Å². The number of aliphatic hydroxyl groups is 1. The van der Waals surface area contributed by atoms with Crippen LogP contribution in [0.1, 0.15) is 77.2 Å². The molecule has 8 heteroatoms. The second-order valence-electron chi connectivity index (χ2n) is 12.4. The van der Waals surface area contributed by atoms with Gasteiger partial charge in [-0.2, -0.15) is 0 Å². The third kappa shape index (κ3) is 6.32. The first-order valence-corrected chi connectivity index (χ1v) is 16.3. The summed E-state index contributed by atoms with van der Waals surface area (Å²) in [5.41, 5.74) is -0.812. The van der Waals surface area contributed by atoms with E-state index in [1.54, 1.807) is 22.0 Å². The van der Waals surface area contributed by atoms with Crippen LogP contribution in [-0.2, 0) is 25.7 Å². The number of nitrogens with zero attached hydrogens (tertiary/aromatic N) is 3. The summed E-state index contributed by atoms with van der Waals surface area (Å²) in [5.74, 6) is -1.72. The largest absolute Gasteiger partial charge is 0.396 e. The molecule has 1 N–H and O–H groups in total. The second-order valence-corrected chi connectivity index (χ2v) is 12.4. The summed E-state index contributed by atoms with van der Waals surface area (Å²) < 4.78 is 7.00. The second kappa shape index (κ2) is 14.7. The molecule has 5 atom stereocenters. The van der Waals surface area contributed by atoms with Crippen LogP contribution in [0.4, 0.5) is 0 Å². The van der Waals surface area contributed by atoms with Gasteiger partial charge >= 0.3 is 0 Å². The van der Waals surface area contributed by atoms with Crippen molar-refractivity contribution in [2.45, 2.75) is 95.4 Å². The number of carbonyl (C=O) groups excluding carboxylic acids is 3. The minimum atomic E-state index is -1.03. The molecule has 2 bridgehead atoms. The highest BCUT2D eigenvalue weighted by Crippen LogP contribution is 2.64. The zero-order valence-electron chi connectivity index (χ0n) is 26.2. The Labute approximate surface area is 257 Å². The van der Waals surface area contributed by atoms with E-state index in [4.69, 9.17) is 4.74 Å². The van der Waals surface area contributed by atoms with Crippen LogP contribution in [0.5, 0.6) is 0 Å². The molecule has 236 valence electrons. The molecular formula is C35H51N3O5. The van der Waals surface area contributed by atoms with E-state index in [-0.39, 0.29) is 24.3 Å². The van der Waals surface area contributed by atoms with Gasteiger partial charge in [-0.1, -0.05) is 75.6 Å². The third-order valence-electron chi connectivity index (χ3n) is 9.81. The summed E-state index contributed by atoms with van der Waals surface area (Å²) in [6.07, 6.45) is 10.2. The van der Waals surface area contributed by atoms with Crippen molar-refractivity contribution in [2.24, 2.45) is 11.8 Å². The molecule has 43 heavy (non-hydrogen) atoms. The molecule has 1 spiro atoms. The Hall–Kier alpha value is -2.97. The minimum Gasteiger partial charge on any atom is -0.396 e. The van der Waals surface area contributed by atoms with Crippen LogP contribution in [0.3, 0.4) is 0 Å². The smallest absolute Gasteiger partial charge is 0.248 e. The number of amides is 3. The molecule has 3 fully saturated rings. The number of aliphatic hydroxyl groups excluding tert-OH is 1. The van der Waals surface area contributed by atoms with Gasteiger partial charge in [0.2, 0.25) is 17.7 Å². The highest BCUT2D eigenvalue weighted by Gasteiger charge is 2.79. The monoisotopic (exact) mass is 593 g/mol. The SMILES string of the molecule is C=CCN(CCCC)C(=O)C1N(CCCCCCO)C(=O)[C@@H]2[C@@H](C(=O)N(CC=C)Cc3ccccc3)[C@@]3(CC)CCC12O3. The van der Waals surface area contributed by atoms with Crippen LogP contribution in [0, 0.1) is 11.8 Å². The van der Waals surface area contributed by atoms with Crippen molar-refractivity contribution in [3.05, 3.63) is 61.2 Å². The van der Waals surface area contributed by atoms with Crippen molar-refractivity contribution in [1.82, 2.24) is 14.7 Å². The van der Waals surface area contributed by atoms with Gasteiger partial charge in [-0.3, -0.25) is 14.4 Å². The fourth-order valence-corrected chi connectivity index (χ4v) is 7.72. The predicted molar refractivity (Wildman–Crippen MR) is 168 cm³/mol. The van der Waals surface area contributed by atoms with E-state index in [0.717, 1.165) is 37.7 Å². The average Bonchev–Trinajstić information content (AvgIpc) is 3.62. The molecule has 3 aliphatic rings. The zero-order chi connectivity index (χ0) is 31.0. The quantitative estimate of drug-likeness (QED) is 0.197. The van der Waals surface area contributed by atoms with Gasteiger partial charge in [0.05, 0.1) is 17.4 Å². The Morgan fingerprint density at radius 2 is 1.70 bits per heavy atom. The maximum Gasteiger partial charge on any atom is 0.248 e. The van der Waals surface area contributed by atoms with Gasteiger partial charge in [0.15, 0.2) is 0 Å². The molecule has 3 heterocycles. The van der Waals surface area contributed by atoms with Crippen LogP contribution in [-0.4, -0.2) is 87.6 Å². The maximum atomic E-state index is 14.6. The van der Waals surface area contributed by atoms with Gasteiger partial charge in [0, 0.05) is 39.3 Å². The van der Waals surface area contributed by atoms with Crippen LogP contribution in [0.25, 0.3) is 0 Å².